The van der Waals surface area contributed by atoms with E-state index in [1.54, 1.807) is 4.90 Å². The van der Waals surface area contributed by atoms with Gasteiger partial charge in [0.1, 0.15) is 0 Å². The Bertz CT molecular complexity index is 612. The van der Waals surface area contributed by atoms with Gasteiger partial charge in [-0.15, -0.1) is 12.4 Å². The van der Waals surface area contributed by atoms with Crippen LogP contribution < -0.4 is 5.73 Å². The first-order valence-electron chi connectivity index (χ1n) is 6.66. The fraction of sp³-hybridized carbons (Fsp3) is 0.357. The minimum Gasteiger partial charge on any atom is -0.337 e. The summed E-state index contributed by atoms with van der Waals surface area (Å²) < 4.78 is 5.21. The summed E-state index contributed by atoms with van der Waals surface area (Å²) in [4.78, 5) is 17.6. The number of benzene rings is 1. The van der Waals surface area contributed by atoms with Crippen molar-refractivity contribution in [1.82, 2.24) is 15.0 Å². The lowest BCUT2D eigenvalue weighted by molar-refractivity contribution is -0.128. The zero-order valence-electron chi connectivity index (χ0n) is 11.5. The van der Waals surface area contributed by atoms with Crippen molar-refractivity contribution < 1.29 is 9.32 Å². The van der Waals surface area contributed by atoms with Gasteiger partial charge in [-0.25, -0.2) is 0 Å². The van der Waals surface area contributed by atoms with Gasteiger partial charge in [-0.05, 0) is 12.0 Å². The number of nitrogens with two attached hydrogens (primary N) is 1. The van der Waals surface area contributed by atoms with E-state index in [-0.39, 0.29) is 18.3 Å². The lowest BCUT2D eigenvalue weighted by Crippen LogP contribution is -2.23. The maximum Gasteiger partial charge on any atom is 0.246 e. The molecule has 0 radical (unpaired) electrons. The summed E-state index contributed by atoms with van der Waals surface area (Å²) in [6, 6.07) is 7.71. The first kappa shape index (κ1) is 15.5. The SMILES string of the molecule is Cl.NCc1ccc(-c2noc(CN3CCCC3=O)n2)cc1. The number of rotatable bonds is 4. The Balaban J connectivity index is 0.00000161. The molecule has 1 aliphatic rings. The van der Waals surface area contributed by atoms with E-state index in [9.17, 15) is 4.79 Å². The molecule has 0 aliphatic carbocycles. The van der Waals surface area contributed by atoms with E-state index in [1.807, 2.05) is 24.3 Å². The van der Waals surface area contributed by atoms with Crippen molar-refractivity contribution >= 4 is 18.3 Å². The van der Waals surface area contributed by atoms with Crippen LogP contribution in [0, 0.1) is 0 Å². The predicted molar refractivity (Wildman–Crippen MR) is 79.5 cm³/mol. The van der Waals surface area contributed by atoms with Gasteiger partial charge in [0.2, 0.25) is 17.6 Å². The van der Waals surface area contributed by atoms with Crippen molar-refractivity contribution in [2.75, 3.05) is 6.54 Å². The highest BCUT2D eigenvalue weighted by molar-refractivity contribution is 5.85. The quantitative estimate of drug-likeness (QED) is 0.930. The number of hydrogen-bond acceptors (Lipinski definition) is 5. The molecular formula is C14H17ClN4O2. The van der Waals surface area contributed by atoms with Gasteiger partial charge in [0.25, 0.3) is 0 Å². The average molecular weight is 309 g/mol. The molecule has 0 atom stereocenters. The van der Waals surface area contributed by atoms with Crippen molar-refractivity contribution in [2.24, 2.45) is 5.73 Å². The normalized spacial score (nSPS) is 14.3. The van der Waals surface area contributed by atoms with E-state index in [1.165, 1.54) is 0 Å². The number of amides is 1. The van der Waals surface area contributed by atoms with Gasteiger partial charge in [0, 0.05) is 25.1 Å². The molecule has 1 fully saturated rings. The number of hydrogen-bond donors (Lipinski definition) is 1. The molecule has 0 saturated carbocycles. The third kappa shape index (κ3) is 3.40. The minimum absolute atomic E-state index is 0. The summed E-state index contributed by atoms with van der Waals surface area (Å²) in [7, 11) is 0. The number of carbonyl (C=O) groups excluding carboxylic acids is 1. The lowest BCUT2D eigenvalue weighted by Gasteiger charge is -2.11. The van der Waals surface area contributed by atoms with Gasteiger partial charge in [-0.2, -0.15) is 4.98 Å². The molecule has 1 aromatic heterocycles. The monoisotopic (exact) mass is 308 g/mol. The van der Waals surface area contributed by atoms with Crippen molar-refractivity contribution in [2.45, 2.75) is 25.9 Å². The summed E-state index contributed by atoms with van der Waals surface area (Å²) in [5, 5.41) is 3.95. The second-order valence-corrected chi connectivity index (χ2v) is 4.83. The van der Waals surface area contributed by atoms with Crippen LogP contribution in [0.4, 0.5) is 0 Å². The van der Waals surface area contributed by atoms with Crippen LogP contribution in [0.1, 0.15) is 24.3 Å². The van der Waals surface area contributed by atoms with E-state index in [0.717, 1.165) is 24.1 Å². The van der Waals surface area contributed by atoms with E-state index in [0.29, 0.717) is 31.2 Å². The fourth-order valence-electron chi connectivity index (χ4n) is 2.26. The molecule has 2 heterocycles. The maximum absolute atomic E-state index is 11.6. The highest BCUT2D eigenvalue weighted by Crippen LogP contribution is 2.18. The molecule has 2 N–H and O–H groups in total. The summed E-state index contributed by atoms with van der Waals surface area (Å²) in [6.07, 6.45) is 1.52. The molecule has 0 unspecified atom stereocenters. The van der Waals surface area contributed by atoms with Crippen LogP contribution in [-0.4, -0.2) is 27.5 Å². The topological polar surface area (TPSA) is 85.2 Å². The lowest BCUT2D eigenvalue weighted by atomic mass is 10.1. The van der Waals surface area contributed by atoms with Crippen LogP contribution in [0.2, 0.25) is 0 Å². The van der Waals surface area contributed by atoms with Gasteiger partial charge in [-0.3, -0.25) is 4.79 Å². The zero-order valence-corrected chi connectivity index (χ0v) is 12.3. The van der Waals surface area contributed by atoms with Gasteiger partial charge in [0.05, 0.1) is 6.54 Å². The van der Waals surface area contributed by atoms with Gasteiger partial charge in [0.15, 0.2) is 0 Å². The van der Waals surface area contributed by atoms with Gasteiger partial charge < -0.3 is 15.2 Å². The van der Waals surface area contributed by atoms with Crippen molar-refractivity contribution in [1.29, 1.82) is 0 Å². The Morgan fingerprint density at radius 2 is 2.05 bits per heavy atom. The Morgan fingerprint density at radius 3 is 2.67 bits per heavy atom. The van der Waals surface area contributed by atoms with Crippen molar-refractivity contribution in [3.8, 4) is 11.4 Å². The largest absolute Gasteiger partial charge is 0.337 e. The number of halogens is 1. The van der Waals surface area contributed by atoms with Crippen LogP contribution in [0.15, 0.2) is 28.8 Å². The van der Waals surface area contributed by atoms with E-state index < -0.39 is 0 Å². The standard InChI is InChI=1S/C14H16N4O2.ClH/c15-8-10-3-5-11(6-4-10)14-16-12(20-17-14)9-18-7-1-2-13(18)19;/h3-6H,1-2,7-9,15H2;1H. The van der Waals surface area contributed by atoms with E-state index in [2.05, 4.69) is 10.1 Å². The number of aromatic nitrogens is 2. The third-order valence-electron chi connectivity index (χ3n) is 3.41. The number of likely N-dealkylation sites (tertiary alicyclic amines) is 1. The number of carbonyl (C=O) groups is 1. The maximum atomic E-state index is 11.6. The molecule has 1 saturated heterocycles. The fourth-order valence-corrected chi connectivity index (χ4v) is 2.26. The Kier molecular flexibility index (Phi) is 4.93. The molecule has 21 heavy (non-hydrogen) atoms. The molecule has 6 nitrogen and oxygen atoms in total. The highest BCUT2D eigenvalue weighted by atomic mass is 35.5. The highest BCUT2D eigenvalue weighted by Gasteiger charge is 2.22. The van der Waals surface area contributed by atoms with Gasteiger partial charge >= 0.3 is 0 Å². The second kappa shape index (κ2) is 6.69. The Hall–Kier alpha value is -1.92. The summed E-state index contributed by atoms with van der Waals surface area (Å²) >= 11 is 0. The molecule has 2 aromatic rings. The average Bonchev–Trinajstić information content (AvgIpc) is 3.10. The molecule has 1 aromatic carbocycles. The molecule has 3 rings (SSSR count). The molecule has 0 bridgehead atoms. The molecule has 112 valence electrons. The predicted octanol–water partition coefficient (Wildman–Crippen LogP) is 1.74. The zero-order chi connectivity index (χ0) is 13.9. The smallest absolute Gasteiger partial charge is 0.246 e. The minimum atomic E-state index is 0. The van der Waals surface area contributed by atoms with Crippen LogP contribution in [0.5, 0.6) is 0 Å². The first-order valence-corrected chi connectivity index (χ1v) is 6.66. The van der Waals surface area contributed by atoms with Crippen molar-refractivity contribution in [3.05, 3.63) is 35.7 Å². The molecule has 7 heteroatoms. The van der Waals surface area contributed by atoms with E-state index >= 15 is 0 Å². The Morgan fingerprint density at radius 1 is 1.29 bits per heavy atom. The summed E-state index contributed by atoms with van der Waals surface area (Å²) in [5.41, 5.74) is 7.50. The summed E-state index contributed by atoms with van der Waals surface area (Å²) in [5.74, 6) is 1.16. The van der Waals surface area contributed by atoms with Gasteiger partial charge in [-0.1, -0.05) is 29.4 Å². The van der Waals surface area contributed by atoms with Crippen molar-refractivity contribution in [3.63, 3.8) is 0 Å². The van der Waals surface area contributed by atoms with Crippen LogP contribution in [-0.2, 0) is 17.9 Å². The Labute approximate surface area is 128 Å². The second-order valence-electron chi connectivity index (χ2n) is 4.83. The molecule has 0 spiro atoms. The summed E-state index contributed by atoms with van der Waals surface area (Å²) in [6.45, 7) is 1.67. The van der Waals surface area contributed by atoms with E-state index in [4.69, 9.17) is 10.3 Å². The number of nitrogens with zero attached hydrogens (tertiary/aromatic N) is 3. The van der Waals surface area contributed by atoms with Crippen LogP contribution in [0.3, 0.4) is 0 Å². The van der Waals surface area contributed by atoms with Crippen LogP contribution >= 0.6 is 12.4 Å². The third-order valence-corrected chi connectivity index (χ3v) is 3.41. The molecular weight excluding hydrogens is 292 g/mol. The van der Waals surface area contributed by atoms with Crippen LogP contribution in [0.25, 0.3) is 11.4 Å². The molecule has 1 amide bonds. The molecule has 1 aliphatic heterocycles. The first-order chi connectivity index (χ1) is 9.76.